The van der Waals surface area contributed by atoms with Gasteiger partial charge in [-0.25, -0.2) is 0 Å². The molecule has 0 unspecified atom stereocenters. The fraction of sp³-hybridized carbons (Fsp3) is 0.500. The van der Waals surface area contributed by atoms with Gasteiger partial charge in [-0.15, -0.1) is 0 Å². The van der Waals surface area contributed by atoms with Crippen LogP contribution in [0.3, 0.4) is 0 Å². The highest BCUT2D eigenvalue weighted by Crippen LogP contribution is 2.34. The number of hydrogen-bond acceptors (Lipinski definition) is 3. The molecule has 0 spiro atoms. The van der Waals surface area contributed by atoms with Gasteiger partial charge in [0.05, 0.1) is 6.54 Å². The van der Waals surface area contributed by atoms with E-state index in [4.69, 9.17) is 38.4 Å². The molecule has 3 nitrogen and oxygen atoms in total. The molecule has 96 valence electrons. The van der Waals surface area contributed by atoms with Crippen molar-refractivity contribution in [2.75, 3.05) is 19.8 Å². The maximum absolute atomic E-state index is 6.16. The zero-order valence-corrected chi connectivity index (χ0v) is 11.5. The van der Waals surface area contributed by atoms with Gasteiger partial charge in [0.1, 0.15) is 0 Å². The molecule has 17 heavy (non-hydrogen) atoms. The Labute approximate surface area is 112 Å². The molecule has 0 saturated carbocycles. The van der Waals surface area contributed by atoms with Crippen molar-refractivity contribution in [1.82, 2.24) is 0 Å². The number of ether oxygens (including phenoxy) is 2. The third kappa shape index (κ3) is 3.33. The molecule has 1 rings (SSSR count). The Morgan fingerprint density at radius 3 is 2.24 bits per heavy atom. The number of benzene rings is 1. The highest BCUT2D eigenvalue weighted by molar-refractivity contribution is 6.33. The van der Waals surface area contributed by atoms with E-state index in [1.165, 1.54) is 0 Å². The molecule has 0 aromatic heterocycles. The molecule has 0 amide bonds. The van der Waals surface area contributed by atoms with E-state index in [1.54, 1.807) is 18.2 Å². The molecule has 0 bridgehead atoms. The van der Waals surface area contributed by atoms with Crippen LogP contribution < -0.4 is 5.73 Å². The van der Waals surface area contributed by atoms with Crippen molar-refractivity contribution in [3.8, 4) is 0 Å². The van der Waals surface area contributed by atoms with E-state index >= 15 is 0 Å². The summed E-state index contributed by atoms with van der Waals surface area (Å²) in [6.45, 7) is 4.87. The second-order valence-corrected chi connectivity index (χ2v) is 4.29. The average molecular weight is 278 g/mol. The largest absolute Gasteiger partial charge is 0.345 e. The molecule has 1 aromatic rings. The minimum Gasteiger partial charge on any atom is -0.345 e. The SMILES string of the molecule is CCOC(CN)(OCC)c1cc(Cl)ccc1Cl. The summed E-state index contributed by atoms with van der Waals surface area (Å²) in [5.41, 5.74) is 6.44. The van der Waals surface area contributed by atoms with Gasteiger partial charge in [-0.1, -0.05) is 23.2 Å². The second kappa shape index (κ2) is 6.57. The van der Waals surface area contributed by atoms with E-state index < -0.39 is 5.79 Å². The summed E-state index contributed by atoms with van der Waals surface area (Å²) in [6, 6.07) is 5.15. The van der Waals surface area contributed by atoms with Crippen LogP contribution in [-0.2, 0) is 15.3 Å². The van der Waals surface area contributed by atoms with Crippen LogP contribution in [0.25, 0.3) is 0 Å². The zero-order valence-electron chi connectivity index (χ0n) is 10.0. The van der Waals surface area contributed by atoms with E-state index in [0.717, 1.165) is 0 Å². The Kier molecular flexibility index (Phi) is 5.70. The quantitative estimate of drug-likeness (QED) is 0.813. The summed E-state index contributed by atoms with van der Waals surface area (Å²) < 4.78 is 11.3. The number of hydrogen-bond donors (Lipinski definition) is 1. The molecule has 0 fully saturated rings. The van der Waals surface area contributed by atoms with Crippen molar-refractivity contribution >= 4 is 23.2 Å². The van der Waals surface area contributed by atoms with Gasteiger partial charge >= 0.3 is 0 Å². The highest BCUT2D eigenvalue weighted by Gasteiger charge is 2.34. The van der Waals surface area contributed by atoms with Crippen molar-refractivity contribution in [2.45, 2.75) is 19.6 Å². The molecule has 0 saturated heterocycles. The Bertz CT molecular complexity index is 366. The Morgan fingerprint density at radius 2 is 1.76 bits per heavy atom. The van der Waals surface area contributed by atoms with Gasteiger partial charge in [0, 0.05) is 28.8 Å². The normalized spacial score (nSPS) is 11.8. The molecular formula is C12H17Cl2NO2. The number of nitrogens with two attached hydrogens (primary N) is 1. The van der Waals surface area contributed by atoms with Gasteiger partial charge < -0.3 is 15.2 Å². The molecule has 2 N–H and O–H groups in total. The molecule has 0 aliphatic heterocycles. The van der Waals surface area contributed by atoms with Gasteiger partial charge in [-0.2, -0.15) is 0 Å². The van der Waals surface area contributed by atoms with Gasteiger partial charge in [-0.05, 0) is 32.0 Å². The third-order valence-electron chi connectivity index (χ3n) is 2.36. The Hall–Kier alpha value is -0.320. The molecule has 5 heteroatoms. The van der Waals surface area contributed by atoms with Gasteiger partial charge in [0.15, 0.2) is 0 Å². The Balaban J connectivity index is 3.23. The number of halogens is 2. The smallest absolute Gasteiger partial charge is 0.209 e. The molecule has 0 radical (unpaired) electrons. The minimum absolute atomic E-state index is 0.175. The molecule has 0 heterocycles. The van der Waals surface area contributed by atoms with Crippen molar-refractivity contribution < 1.29 is 9.47 Å². The first-order valence-electron chi connectivity index (χ1n) is 5.53. The van der Waals surface area contributed by atoms with Crippen molar-refractivity contribution in [3.05, 3.63) is 33.8 Å². The zero-order chi connectivity index (χ0) is 12.9. The second-order valence-electron chi connectivity index (χ2n) is 3.45. The first-order valence-corrected chi connectivity index (χ1v) is 6.28. The molecule has 1 aromatic carbocycles. The van der Waals surface area contributed by atoms with Crippen molar-refractivity contribution in [1.29, 1.82) is 0 Å². The van der Waals surface area contributed by atoms with Crippen LogP contribution in [0.15, 0.2) is 18.2 Å². The third-order valence-corrected chi connectivity index (χ3v) is 2.93. The highest BCUT2D eigenvalue weighted by atomic mass is 35.5. The summed E-state index contributed by atoms with van der Waals surface area (Å²) in [6.07, 6.45) is 0. The minimum atomic E-state index is -1.02. The van der Waals surface area contributed by atoms with Crippen LogP contribution in [0.2, 0.25) is 10.0 Å². The molecule has 0 aliphatic carbocycles. The lowest BCUT2D eigenvalue weighted by Crippen LogP contribution is -2.41. The fourth-order valence-corrected chi connectivity index (χ4v) is 2.11. The van der Waals surface area contributed by atoms with E-state index in [1.807, 2.05) is 13.8 Å². The Morgan fingerprint density at radius 1 is 1.18 bits per heavy atom. The van der Waals surface area contributed by atoms with Gasteiger partial charge in [-0.3, -0.25) is 0 Å². The lowest BCUT2D eigenvalue weighted by Gasteiger charge is -2.33. The van der Waals surface area contributed by atoms with Crippen molar-refractivity contribution in [3.63, 3.8) is 0 Å². The van der Waals surface area contributed by atoms with E-state index in [-0.39, 0.29) is 6.54 Å². The molecule has 0 aliphatic rings. The van der Waals surface area contributed by atoms with Crippen LogP contribution in [-0.4, -0.2) is 19.8 Å². The van der Waals surface area contributed by atoms with E-state index in [2.05, 4.69) is 0 Å². The standard InChI is InChI=1S/C12H17Cl2NO2/c1-3-16-12(8-15,17-4-2)10-7-9(13)5-6-11(10)14/h5-7H,3-4,8,15H2,1-2H3. The summed E-state index contributed by atoms with van der Waals surface area (Å²) in [5, 5.41) is 1.10. The van der Waals surface area contributed by atoms with Gasteiger partial charge in [0.25, 0.3) is 0 Å². The van der Waals surface area contributed by atoms with Crippen LogP contribution in [0.5, 0.6) is 0 Å². The van der Waals surface area contributed by atoms with E-state index in [0.29, 0.717) is 28.8 Å². The maximum Gasteiger partial charge on any atom is 0.209 e. The van der Waals surface area contributed by atoms with E-state index in [9.17, 15) is 0 Å². The summed E-state index contributed by atoms with van der Waals surface area (Å²) in [7, 11) is 0. The summed E-state index contributed by atoms with van der Waals surface area (Å²) in [5.74, 6) is -1.02. The number of rotatable bonds is 6. The van der Waals surface area contributed by atoms with Gasteiger partial charge in [0.2, 0.25) is 5.79 Å². The predicted molar refractivity (Wildman–Crippen MR) is 70.4 cm³/mol. The maximum atomic E-state index is 6.16. The average Bonchev–Trinajstić information content (AvgIpc) is 2.32. The van der Waals surface area contributed by atoms with Crippen molar-refractivity contribution in [2.24, 2.45) is 5.73 Å². The monoisotopic (exact) mass is 277 g/mol. The summed E-state index contributed by atoms with van der Waals surface area (Å²) >= 11 is 12.1. The van der Waals surface area contributed by atoms with Crippen LogP contribution in [0.1, 0.15) is 19.4 Å². The topological polar surface area (TPSA) is 44.5 Å². The van der Waals surface area contributed by atoms with Crippen LogP contribution in [0, 0.1) is 0 Å². The van der Waals surface area contributed by atoms with Crippen LogP contribution >= 0.6 is 23.2 Å². The summed E-state index contributed by atoms with van der Waals surface area (Å²) in [4.78, 5) is 0. The first-order chi connectivity index (χ1) is 8.09. The molecule has 0 atom stereocenters. The fourth-order valence-electron chi connectivity index (χ4n) is 1.68. The lowest BCUT2D eigenvalue weighted by molar-refractivity contribution is -0.235. The molecular weight excluding hydrogens is 261 g/mol. The predicted octanol–water partition coefficient (Wildman–Crippen LogP) is 3.18. The lowest BCUT2D eigenvalue weighted by atomic mass is 10.1. The first kappa shape index (κ1) is 14.7. The van der Waals surface area contributed by atoms with Crippen LogP contribution in [0.4, 0.5) is 0 Å².